The SMILES string of the molecule is C=CCN1CC[C@@]2(c3cccc(OC(C)=O)c3)C[C@H](N(CC(C)C)C(=O)c3ccc4ccccc4c3)CC[C@]2(OC)C1. The smallest absolute Gasteiger partial charge is 0.308 e. The number of carbonyl (C=O) groups is 2. The van der Waals surface area contributed by atoms with Crippen molar-refractivity contribution < 1.29 is 19.1 Å². The monoisotopic (exact) mass is 568 g/mol. The number of fused-ring (bicyclic) bond motifs is 2. The van der Waals surface area contributed by atoms with Crippen molar-refractivity contribution in [1.82, 2.24) is 9.80 Å². The van der Waals surface area contributed by atoms with Crippen LogP contribution < -0.4 is 4.74 Å². The summed E-state index contributed by atoms with van der Waals surface area (Å²) < 4.78 is 12.1. The molecule has 1 heterocycles. The van der Waals surface area contributed by atoms with E-state index in [2.05, 4.69) is 48.4 Å². The van der Waals surface area contributed by atoms with Crippen LogP contribution in [0.15, 0.2) is 79.4 Å². The summed E-state index contributed by atoms with van der Waals surface area (Å²) in [6.07, 6.45) is 5.27. The molecule has 1 aliphatic heterocycles. The minimum Gasteiger partial charge on any atom is -0.427 e. The van der Waals surface area contributed by atoms with Crippen molar-refractivity contribution in [1.29, 1.82) is 0 Å². The van der Waals surface area contributed by atoms with Gasteiger partial charge in [-0.25, -0.2) is 0 Å². The van der Waals surface area contributed by atoms with Crippen LogP contribution in [0, 0.1) is 5.92 Å². The number of likely N-dealkylation sites (tertiary alicyclic amines) is 1. The van der Waals surface area contributed by atoms with Gasteiger partial charge in [0.25, 0.3) is 5.91 Å². The van der Waals surface area contributed by atoms with Gasteiger partial charge in [0, 0.05) is 50.7 Å². The molecule has 2 fully saturated rings. The average Bonchev–Trinajstić information content (AvgIpc) is 2.99. The number of carbonyl (C=O) groups excluding carboxylic acids is 2. The third-order valence-electron chi connectivity index (χ3n) is 9.36. The lowest BCUT2D eigenvalue weighted by Gasteiger charge is -2.60. The van der Waals surface area contributed by atoms with Crippen molar-refractivity contribution in [3.63, 3.8) is 0 Å². The summed E-state index contributed by atoms with van der Waals surface area (Å²) in [7, 11) is 1.83. The first kappa shape index (κ1) is 30.0. The Hall–Kier alpha value is -3.48. The van der Waals surface area contributed by atoms with Crippen LogP contribution in [0.4, 0.5) is 0 Å². The number of rotatable bonds is 9. The normalized spacial score (nSPS) is 24.3. The highest BCUT2D eigenvalue weighted by Gasteiger charge is 2.59. The Labute approximate surface area is 250 Å². The van der Waals surface area contributed by atoms with Crippen LogP contribution in [0.1, 0.15) is 62.4 Å². The quantitative estimate of drug-likeness (QED) is 0.165. The maximum Gasteiger partial charge on any atom is 0.308 e. The van der Waals surface area contributed by atoms with Gasteiger partial charge >= 0.3 is 5.97 Å². The van der Waals surface area contributed by atoms with Gasteiger partial charge in [0.1, 0.15) is 5.75 Å². The zero-order valence-corrected chi connectivity index (χ0v) is 25.5. The van der Waals surface area contributed by atoms with Gasteiger partial charge in [-0.05, 0) is 78.7 Å². The molecule has 42 heavy (non-hydrogen) atoms. The number of benzene rings is 3. The number of esters is 1. The predicted octanol–water partition coefficient (Wildman–Crippen LogP) is 6.63. The molecular formula is C36H44N2O4. The largest absolute Gasteiger partial charge is 0.427 e. The fourth-order valence-corrected chi connectivity index (χ4v) is 7.47. The maximum atomic E-state index is 14.3. The third kappa shape index (κ3) is 5.75. The molecule has 222 valence electrons. The molecule has 2 aliphatic rings. The van der Waals surface area contributed by atoms with Gasteiger partial charge in [-0.3, -0.25) is 14.5 Å². The van der Waals surface area contributed by atoms with E-state index in [1.165, 1.54) is 6.92 Å². The summed E-state index contributed by atoms with van der Waals surface area (Å²) in [6, 6.07) is 22.2. The molecule has 6 nitrogen and oxygen atoms in total. The lowest BCUT2D eigenvalue weighted by Crippen LogP contribution is -2.68. The molecule has 5 rings (SSSR count). The molecule has 1 amide bonds. The molecule has 0 bridgehead atoms. The first-order valence-corrected chi connectivity index (χ1v) is 15.2. The van der Waals surface area contributed by atoms with Gasteiger partial charge in [-0.2, -0.15) is 0 Å². The topological polar surface area (TPSA) is 59.1 Å². The highest BCUT2D eigenvalue weighted by atomic mass is 16.5. The summed E-state index contributed by atoms with van der Waals surface area (Å²) in [5.74, 6) is 0.605. The van der Waals surface area contributed by atoms with E-state index in [-0.39, 0.29) is 23.3 Å². The number of nitrogens with zero attached hydrogens (tertiary/aromatic N) is 2. The molecule has 1 aliphatic carbocycles. The average molecular weight is 569 g/mol. The summed E-state index contributed by atoms with van der Waals surface area (Å²) in [6.45, 7) is 12.9. The number of hydrogen-bond donors (Lipinski definition) is 0. The van der Waals surface area contributed by atoms with Gasteiger partial charge in [-0.15, -0.1) is 6.58 Å². The van der Waals surface area contributed by atoms with Crippen LogP contribution in [0.3, 0.4) is 0 Å². The van der Waals surface area contributed by atoms with E-state index < -0.39 is 5.60 Å². The van der Waals surface area contributed by atoms with Crippen molar-refractivity contribution >= 4 is 22.6 Å². The van der Waals surface area contributed by atoms with Crippen LogP contribution in [0.25, 0.3) is 10.8 Å². The van der Waals surface area contributed by atoms with Crippen molar-refractivity contribution in [3.05, 3.63) is 90.5 Å². The summed E-state index contributed by atoms with van der Waals surface area (Å²) in [5.41, 5.74) is 1.02. The summed E-state index contributed by atoms with van der Waals surface area (Å²) >= 11 is 0. The Bertz CT molecular complexity index is 1450. The standard InChI is InChI=1S/C36H44N2O4/c1-6-19-37-20-18-35(31-12-9-13-33(22-31)42-27(4)39)23-32(16-17-36(35,25-37)41-5)38(24-26(2)3)34(40)30-15-14-28-10-7-8-11-29(28)21-30/h6-15,21-22,26,32H,1,16-20,23-25H2,2-5H3/t32-,35+,36+/m1/s1. The molecule has 0 aromatic heterocycles. The number of ether oxygens (including phenoxy) is 2. The predicted molar refractivity (Wildman–Crippen MR) is 168 cm³/mol. The molecule has 1 saturated carbocycles. The lowest BCUT2D eigenvalue weighted by molar-refractivity contribution is -0.153. The van der Waals surface area contributed by atoms with Gasteiger partial charge < -0.3 is 14.4 Å². The van der Waals surface area contributed by atoms with Crippen molar-refractivity contribution in [2.75, 3.05) is 33.3 Å². The second kappa shape index (κ2) is 12.4. The lowest BCUT2D eigenvalue weighted by atomic mass is 9.55. The Kier molecular flexibility index (Phi) is 8.86. The van der Waals surface area contributed by atoms with E-state index >= 15 is 0 Å². The fourth-order valence-electron chi connectivity index (χ4n) is 7.47. The second-order valence-corrected chi connectivity index (χ2v) is 12.5. The van der Waals surface area contributed by atoms with Crippen molar-refractivity contribution in [2.45, 2.75) is 63.5 Å². The minimum absolute atomic E-state index is 0.0398. The van der Waals surface area contributed by atoms with E-state index in [9.17, 15) is 9.59 Å². The van der Waals surface area contributed by atoms with E-state index in [0.717, 1.165) is 67.2 Å². The van der Waals surface area contributed by atoms with E-state index in [0.29, 0.717) is 18.2 Å². The van der Waals surface area contributed by atoms with E-state index in [1.807, 2.05) is 61.7 Å². The molecule has 3 aromatic rings. The number of amides is 1. The van der Waals surface area contributed by atoms with Crippen LogP contribution in [-0.4, -0.2) is 66.6 Å². The number of piperidine rings is 1. The number of methoxy groups -OCH3 is 1. The van der Waals surface area contributed by atoms with E-state index in [4.69, 9.17) is 9.47 Å². The van der Waals surface area contributed by atoms with E-state index in [1.54, 1.807) is 0 Å². The molecule has 0 unspecified atom stereocenters. The summed E-state index contributed by atoms with van der Waals surface area (Å²) in [5, 5.41) is 2.20. The van der Waals surface area contributed by atoms with Crippen LogP contribution in [-0.2, 0) is 14.9 Å². The molecule has 3 aromatic carbocycles. The maximum absolute atomic E-state index is 14.3. The molecule has 0 spiro atoms. The van der Waals surface area contributed by atoms with Gasteiger partial charge in [0.15, 0.2) is 0 Å². The Morgan fingerprint density at radius 1 is 1.07 bits per heavy atom. The third-order valence-corrected chi connectivity index (χ3v) is 9.36. The zero-order valence-electron chi connectivity index (χ0n) is 25.5. The molecular weight excluding hydrogens is 524 g/mol. The summed E-state index contributed by atoms with van der Waals surface area (Å²) in [4.78, 5) is 30.7. The molecule has 0 radical (unpaired) electrons. The molecule has 0 N–H and O–H groups in total. The zero-order chi connectivity index (χ0) is 29.9. The minimum atomic E-state index is -0.449. The molecule has 6 heteroatoms. The Morgan fingerprint density at radius 3 is 2.57 bits per heavy atom. The first-order chi connectivity index (χ1) is 20.2. The fraction of sp³-hybridized carbons (Fsp3) is 0.444. The number of hydrogen-bond acceptors (Lipinski definition) is 5. The highest BCUT2D eigenvalue weighted by Crippen LogP contribution is 2.54. The Balaban J connectivity index is 1.56. The van der Waals surface area contributed by atoms with Gasteiger partial charge in [0.05, 0.1) is 5.60 Å². The van der Waals surface area contributed by atoms with Crippen molar-refractivity contribution in [3.8, 4) is 5.75 Å². The van der Waals surface area contributed by atoms with Crippen LogP contribution >= 0.6 is 0 Å². The molecule has 3 atom stereocenters. The van der Waals surface area contributed by atoms with Gasteiger partial charge in [0.2, 0.25) is 0 Å². The van der Waals surface area contributed by atoms with Crippen molar-refractivity contribution in [2.24, 2.45) is 5.92 Å². The van der Waals surface area contributed by atoms with Crippen LogP contribution in [0.5, 0.6) is 5.75 Å². The van der Waals surface area contributed by atoms with Gasteiger partial charge in [-0.1, -0.05) is 62.4 Å². The first-order valence-electron chi connectivity index (χ1n) is 15.2. The highest BCUT2D eigenvalue weighted by molar-refractivity contribution is 5.98. The second-order valence-electron chi connectivity index (χ2n) is 12.5. The van der Waals surface area contributed by atoms with Crippen LogP contribution in [0.2, 0.25) is 0 Å². The Morgan fingerprint density at radius 2 is 1.86 bits per heavy atom. The molecule has 1 saturated heterocycles.